The lowest BCUT2D eigenvalue weighted by molar-refractivity contribution is -0.116. The van der Waals surface area contributed by atoms with Crippen LogP contribution in [0.5, 0.6) is 0 Å². The Bertz CT molecular complexity index is 939. The lowest BCUT2D eigenvalue weighted by atomic mass is 10.2. The van der Waals surface area contributed by atoms with Crippen LogP contribution in [0.15, 0.2) is 48.5 Å². The Hall–Kier alpha value is -2.00. The highest BCUT2D eigenvalue weighted by Crippen LogP contribution is 2.21. The molecule has 2 aromatic rings. The highest BCUT2D eigenvalue weighted by Gasteiger charge is 2.34. The van der Waals surface area contributed by atoms with E-state index >= 15 is 0 Å². The lowest BCUT2D eigenvalue weighted by Crippen LogP contribution is -2.51. The van der Waals surface area contributed by atoms with Crippen molar-refractivity contribution in [2.24, 2.45) is 0 Å². The van der Waals surface area contributed by atoms with Gasteiger partial charge in [0.05, 0.1) is 12.2 Å². The van der Waals surface area contributed by atoms with Gasteiger partial charge in [-0.05, 0) is 36.2 Å². The predicted octanol–water partition coefficient (Wildman–Crippen LogP) is 2.87. The topological polar surface area (TPSA) is 69.7 Å². The fraction of sp³-hybridized carbons (Fsp3) is 0.278. The van der Waals surface area contributed by atoms with Gasteiger partial charge in [0.25, 0.3) is 10.2 Å². The normalized spacial score (nSPS) is 17.6. The van der Waals surface area contributed by atoms with Crippen molar-refractivity contribution >= 4 is 33.4 Å². The van der Waals surface area contributed by atoms with Crippen molar-refractivity contribution in [3.63, 3.8) is 0 Å². The number of halogens is 2. The predicted molar refractivity (Wildman–Crippen MR) is 102 cm³/mol. The Balaban J connectivity index is 1.68. The van der Waals surface area contributed by atoms with Crippen LogP contribution in [0.2, 0.25) is 5.02 Å². The van der Waals surface area contributed by atoms with Gasteiger partial charge in [0.2, 0.25) is 5.91 Å². The maximum Gasteiger partial charge on any atom is 0.282 e. The van der Waals surface area contributed by atoms with E-state index in [1.165, 1.54) is 22.5 Å². The molecule has 6 nitrogen and oxygen atoms in total. The quantitative estimate of drug-likeness (QED) is 0.822. The maximum atomic E-state index is 13.7. The van der Waals surface area contributed by atoms with E-state index in [4.69, 9.17) is 11.6 Å². The first-order valence-corrected chi connectivity index (χ1v) is 10.2. The summed E-state index contributed by atoms with van der Waals surface area (Å²) in [5.74, 6) is -1.16. The molecule has 1 amide bonds. The van der Waals surface area contributed by atoms with Crippen molar-refractivity contribution in [1.29, 1.82) is 0 Å². The number of nitrogens with zero attached hydrogens (tertiary/aromatic N) is 2. The SMILES string of the molecule is O=C(CN1CCCN(Cc2cccc(Cl)c2)S1(=O)=O)Nc1ccccc1F. The third-order valence-electron chi connectivity index (χ3n) is 4.18. The van der Waals surface area contributed by atoms with Crippen molar-refractivity contribution in [2.75, 3.05) is 25.0 Å². The van der Waals surface area contributed by atoms with Gasteiger partial charge in [-0.1, -0.05) is 35.9 Å². The van der Waals surface area contributed by atoms with E-state index in [0.29, 0.717) is 18.0 Å². The van der Waals surface area contributed by atoms with E-state index in [0.717, 1.165) is 9.87 Å². The third-order valence-corrected chi connectivity index (χ3v) is 6.35. The minimum absolute atomic E-state index is 0.0210. The molecule has 0 radical (unpaired) electrons. The second kappa shape index (κ2) is 8.35. The number of para-hydroxylation sites is 1. The van der Waals surface area contributed by atoms with Crippen LogP contribution in [-0.4, -0.2) is 42.6 Å². The van der Waals surface area contributed by atoms with Gasteiger partial charge in [-0.3, -0.25) is 4.79 Å². The number of nitrogens with one attached hydrogen (secondary N) is 1. The zero-order chi connectivity index (χ0) is 19.4. The first-order chi connectivity index (χ1) is 12.9. The summed E-state index contributed by atoms with van der Waals surface area (Å²) in [4.78, 5) is 12.2. The maximum absolute atomic E-state index is 13.7. The monoisotopic (exact) mass is 411 g/mol. The number of carbonyl (C=O) groups is 1. The fourth-order valence-electron chi connectivity index (χ4n) is 2.89. The molecule has 3 rings (SSSR count). The highest BCUT2D eigenvalue weighted by molar-refractivity contribution is 7.86. The van der Waals surface area contributed by atoms with Crippen LogP contribution in [-0.2, 0) is 21.5 Å². The molecule has 0 spiro atoms. The van der Waals surface area contributed by atoms with Crippen LogP contribution in [0, 0.1) is 5.82 Å². The van der Waals surface area contributed by atoms with Crippen LogP contribution in [0.3, 0.4) is 0 Å². The molecule has 0 unspecified atom stereocenters. The molecule has 1 saturated heterocycles. The number of hydrogen-bond acceptors (Lipinski definition) is 3. The van der Waals surface area contributed by atoms with E-state index in [-0.39, 0.29) is 25.3 Å². The molecule has 144 valence electrons. The molecule has 2 aromatic carbocycles. The molecule has 1 N–H and O–H groups in total. The van der Waals surface area contributed by atoms with Gasteiger partial charge >= 0.3 is 0 Å². The van der Waals surface area contributed by atoms with Crippen LogP contribution >= 0.6 is 11.6 Å². The zero-order valence-electron chi connectivity index (χ0n) is 14.4. The summed E-state index contributed by atoms with van der Waals surface area (Å²) < 4.78 is 41.7. The standard InChI is InChI=1S/C18H19ClFN3O3S/c19-15-6-3-5-14(11-15)12-22-9-4-10-23(27(22,25)26)13-18(24)21-17-8-2-1-7-16(17)20/h1-3,5-8,11H,4,9-10,12-13H2,(H,21,24). The number of anilines is 1. The molecular formula is C18H19ClFN3O3S. The summed E-state index contributed by atoms with van der Waals surface area (Å²) in [6, 6.07) is 12.7. The molecule has 1 heterocycles. The van der Waals surface area contributed by atoms with Gasteiger partial charge in [-0.25, -0.2) is 4.39 Å². The van der Waals surface area contributed by atoms with Gasteiger partial charge < -0.3 is 5.32 Å². The molecule has 1 aliphatic rings. The number of hydrogen-bond donors (Lipinski definition) is 1. The number of benzene rings is 2. The summed E-state index contributed by atoms with van der Waals surface area (Å²) in [6.07, 6.45) is 0.590. The van der Waals surface area contributed by atoms with E-state index < -0.39 is 21.9 Å². The fourth-order valence-corrected chi connectivity index (χ4v) is 4.74. The Morgan fingerprint density at radius 1 is 1.11 bits per heavy atom. The largest absolute Gasteiger partial charge is 0.322 e. The Kier molecular flexibility index (Phi) is 6.11. The summed E-state index contributed by atoms with van der Waals surface area (Å²) in [6.45, 7) is 0.399. The number of carbonyl (C=O) groups excluding carboxylic acids is 1. The average molecular weight is 412 g/mol. The average Bonchev–Trinajstić information content (AvgIpc) is 2.61. The van der Waals surface area contributed by atoms with Gasteiger partial charge in [-0.2, -0.15) is 17.0 Å². The van der Waals surface area contributed by atoms with Gasteiger partial charge in [0.15, 0.2) is 0 Å². The zero-order valence-corrected chi connectivity index (χ0v) is 16.0. The molecule has 0 saturated carbocycles. The Labute approximate surface area is 162 Å². The van der Waals surface area contributed by atoms with Gasteiger partial charge in [0.1, 0.15) is 5.82 Å². The molecule has 0 aromatic heterocycles. The smallest absolute Gasteiger partial charge is 0.282 e. The van der Waals surface area contributed by atoms with Crippen LogP contribution in [0.1, 0.15) is 12.0 Å². The number of rotatable bonds is 5. The second-order valence-electron chi connectivity index (χ2n) is 6.19. The molecular weight excluding hydrogens is 393 g/mol. The van der Waals surface area contributed by atoms with Gasteiger partial charge in [0, 0.05) is 24.7 Å². The first-order valence-electron chi connectivity index (χ1n) is 8.40. The Morgan fingerprint density at radius 3 is 2.59 bits per heavy atom. The molecule has 1 aliphatic heterocycles. The van der Waals surface area contributed by atoms with Crippen molar-refractivity contribution in [3.8, 4) is 0 Å². The number of amides is 1. The molecule has 0 aliphatic carbocycles. The summed E-state index contributed by atoms with van der Waals surface area (Å²) in [7, 11) is -3.80. The van der Waals surface area contributed by atoms with Crippen molar-refractivity contribution < 1.29 is 17.6 Å². The molecule has 27 heavy (non-hydrogen) atoms. The summed E-state index contributed by atoms with van der Waals surface area (Å²) >= 11 is 5.96. The van der Waals surface area contributed by atoms with Crippen LogP contribution < -0.4 is 5.32 Å². The van der Waals surface area contributed by atoms with E-state index in [1.54, 1.807) is 30.3 Å². The van der Waals surface area contributed by atoms with E-state index in [1.807, 2.05) is 0 Å². The van der Waals surface area contributed by atoms with Crippen molar-refractivity contribution in [1.82, 2.24) is 8.61 Å². The highest BCUT2D eigenvalue weighted by atomic mass is 35.5. The lowest BCUT2D eigenvalue weighted by Gasteiger charge is -2.34. The molecule has 1 fully saturated rings. The molecule has 0 atom stereocenters. The van der Waals surface area contributed by atoms with Crippen LogP contribution in [0.4, 0.5) is 10.1 Å². The summed E-state index contributed by atoms with van der Waals surface area (Å²) in [5, 5.41) is 2.94. The molecule has 0 bridgehead atoms. The van der Waals surface area contributed by atoms with Gasteiger partial charge in [-0.15, -0.1) is 0 Å². The second-order valence-corrected chi connectivity index (χ2v) is 8.55. The van der Waals surface area contributed by atoms with E-state index in [2.05, 4.69) is 5.32 Å². The van der Waals surface area contributed by atoms with Crippen molar-refractivity contribution in [2.45, 2.75) is 13.0 Å². The third kappa shape index (κ3) is 4.84. The van der Waals surface area contributed by atoms with Crippen molar-refractivity contribution in [3.05, 3.63) is 64.9 Å². The Morgan fingerprint density at radius 2 is 1.85 bits per heavy atom. The summed E-state index contributed by atoms with van der Waals surface area (Å²) in [5.41, 5.74) is 0.788. The van der Waals surface area contributed by atoms with Crippen LogP contribution in [0.25, 0.3) is 0 Å². The minimum Gasteiger partial charge on any atom is -0.322 e. The first kappa shape index (κ1) is 19.8. The van der Waals surface area contributed by atoms with E-state index in [9.17, 15) is 17.6 Å². The molecule has 9 heteroatoms. The minimum atomic E-state index is -3.80.